The summed E-state index contributed by atoms with van der Waals surface area (Å²) in [5.41, 5.74) is 3.55. The van der Waals surface area contributed by atoms with Crippen molar-refractivity contribution in [3.05, 3.63) is 278 Å². The van der Waals surface area contributed by atoms with Crippen LogP contribution in [-0.4, -0.2) is 81.2 Å². The first-order valence-corrected chi connectivity index (χ1v) is 30.6. The van der Waals surface area contributed by atoms with Crippen LogP contribution in [0.1, 0.15) is 128 Å². The van der Waals surface area contributed by atoms with Crippen LogP contribution in [0.4, 0.5) is 17.6 Å². The molecule has 97 heavy (non-hydrogen) atoms. The van der Waals surface area contributed by atoms with Gasteiger partial charge in [-0.15, -0.1) is 0 Å². The van der Waals surface area contributed by atoms with Gasteiger partial charge < -0.3 is 62.3 Å². The van der Waals surface area contributed by atoms with Crippen molar-refractivity contribution in [2.75, 3.05) is 28.4 Å². The number of carboxylic acids is 2. The average Bonchev–Trinajstić information content (AvgIpc) is 0.851. The summed E-state index contributed by atoms with van der Waals surface area (Å²) in [7, 11) is 5.58. The fourth-order valence-electron chi connectivity index (χ4n) is 8.28. The third kappa shape index (κ3) is 27.8. The highest BCUT2D eigenvalue weighted by Crippen LogP contribution is 2.38. The number of ether oxygens (including phenoxy) is 6. The molecule has 14 nitrogen and oxygen atoms in total. The monoisotopic (exact) mass is 1520 g/mol. The van der Waals surface area contributed by atoms with Crippen molar-refractivity contribution < 1.29 is 85.6 Å². The fraction of sp³-hybridized carbons (Fsp3) is 0.246. The number of aliphatic hydroxyl groups is 2. The summed E-state index contributed by atoms with van der Waals surface area (Å²) >= 11 is 46.4. The molecule has 0 aromatic heterocycles. The minimum atomic E-state index is -0.969. The van der Waals surface area contributed by atoms with Crippen molar-refractivity contribution >= 4 is 139 Å². The van der Waals surface area contributed by atoms with Crippen LogP contribution >= 0.6 is 92.8 Å². The van der Waals surface area contributed by atoms with Crippen LogP contribution in [0.15, 0.2) is 170 Å². The van der Waals surface area contributed by atoms with Crippen LogP contribution in [0.5, 0.6) is 0 Å². The zero-order valence-electron chi connectivity index (χ0n) is 52.2. The Kier molecular flexibility index (Phi) is 43.3. The Balaban J connectivity index is 0.00000116. The van der Waals surface area contributed by atoms with Crippen LogP contribution in [0, 0.1) is 23.3 Å². The van der Waals surface area contributed by atoms with Gasteiger partial charge in [0.05, 0.1) is 32.3 Å². The number of halogens is 12. The summed E-state index contributed by atoms with van der Waals surface area (Å²) in [5.74, 6) is -5.55. The number of benzene rings is 8. The molecule has 0 unspecified atom stereocenters. The summed E-state index contributed by atoms with van der Waals surface area (Å²) in [6, 6.07) is 45.6. The van der Waals surface area contributed by atoms with Gasteiger partial charge in [0.2, 0.25) is 0 Å². The molecule has 8 aromatic rings. The van der Waals surface area contributed by atoms with Gasteiger partial charge in [-0.05, 0) is 98.5 Å². The number of esters is 2. The van der Waals surface area contributed by atoms with Gasteiger partial charge in [0.1, 0.15) is 35.5 Å². The zero-order valence-corrected chi connectivity index (χ0v) is 59.2. The van der Waals surface area contributed by atoms with E-state index in [0.29, 0.717) is 22.3 Å². The Bertz CT molecular complexity index is 3480. The number of methoxy groups -OCH3 is 4. The molecular weight excluding hydrogens is 1460 g/mol. The van der Waals surface area contributed by atoms with Gasteiger partial charge in [-0.25, -0.2) is 36.7 Å². The molecule has 0 saturated carbocycles. The topological polar surface area (TPSA) is 205 Å². The van der Waals surface area contributed by atoms with Crippen LogP contribution in [-0.2, 0) is 61.1 Å². The quantitative estimate of drug-likeness (QED) is 0.0158. The minimum Gasteiger partial charge on any atom is -0.813 e. The number of carbonyl (C=O) groups excluding carboxylic acids is 2. The van der Waals surface area contributed by atoms with Crippen molar-refractivity contribution in [3.63, 3.8) is 0 Å². The van der Waals surface area contributed by atoms with Gasteiger partial charge in [0.15, 0.2) is 24.4 Å². The molecule has 3 radical (unpaired) electrons. The number of hydrogen-bond donors (Lipinski definition) is 4. The Morgan fingerprint density at radius 3 is 0.732 bits per heavy atom. The second-order valence-corrected chi connectivity index (χ2v) is 22.5. The first-order valence-electron chi connectivity index (χ1n) is 27.6. The Hall–Kier alpha value is -6.15. The summed E-state index contributed by atoms with van der Waals surface area (Å²) < 4.78 is 83.5. The van der Waals surface area contributed by atoms with E-state index >= 15 is 0 Å². The van der Waals surface area contributed by atoms with Crippen LogP contribution in [0.2, 0.25) is 40.2 Å². The zero-order chi connectivity index (χ0) is 70.5. The third-order valence-corrected chi connectivity index (χ3v) is 15.6. The fourth-order valence-corrected chi connectivity index (χ4v) is 11.0. The number of hydrogen-bond acceptors (Lipinski definition) is 13. The standard InChI is InChI=1S/2C17H15Cl2FO3.2C9H10O3.2C8H7Cl2FO.CH4.B.H2S/c2*1-10(14-12(18)8-9-13(20)15(14)19)23-17(21)16(22-2)11-6-4-3-5-7-11;2*1-12-8(9(10)11)7-5-3-2-4-6-7;2*1-4(12)7-5(9)2-3-6(11)8(7)10;;;/h2*3-10,16H,1-2H3;2*2-6,8H,1H3,(H,10,11);2*2-4,12H,1H3;1H4;;1H2/p-1/t10-,16+;10-,16-;2*8-;2*4-;;;/m100010.../s1. The molecule has 0 fully saturated rings. The molecule has 523 valence electrons. The Labute approximate surface area is 610 Å². The lowest BCUT2D eigenvalue weighted by Crippen LogP contribution is -2.19. The lowest BCUT2D eigenvalue weighted by molar-refractivity contribution is -0.161. The molecule has 0 spiro atoms. The van der Waals surface area contributed by atoms with Gasteiger partial charge in [0.25, 0.3) is 0 Å². The molecule has 8 aromatic carbocycles. The Morgan fingerprint density at radius 1 is 0.351 bits per heavy atom. The molecule has 0 saturated heterocycles. The van der Waals surface area contributed by atoms with Gasteiger partial charge >= 0.3 is 23.9 Å². The van der Waals surface area contributed by atoms with Gasteiger partial charge in [-0.2, -0.15) is 0 Å². The lowest BCUT2D eigenvalue weighted by atomic mass is 10.1. The van der Waals surface area contributed by atoms with E-state index in [1.54, 1.807) is 111 Å². The molecule has 28 heteroatoms. The van der Waals surface area contributed by atoms with Crippen molar-refractivity contribution in [3.8, 4) is 0 Å². The molecule has 0 bridgehead atoms. The summed E-state index contributed by atoms with van der Waals surface area (Å²) in [4.78, 5) is 45.9. The maximum Gasteiger partial charge on any atom is 0.340 e. The first-order chi connectivity index (χ1) is 44.5. The van der Waals surface area contributed by atoms with E-state index in [1.165, 1.54) is 66.6 Å². The summed E-state index contributed by atoms with van der Waals surface area (Å²) in [6.07, 6.45) is -6.84. The lowest BCUT2D eigenvalue weighted by Gasteiger charge is -2.20. The highest BCUT2D eigenvalue weighted by atomic mass is 35.5. The summed E-state index contributed by atoms with van der Waals surface area (Å²) in [6.45, 7) is 6.10. The van der Waals surface area contributed by atoms with Gasteiger partial charge in [0, 0.05) is 79.2 Å². The van der Waals surface area contributed by atoms with E-state index in [9.17, 15) is 47.0 Å². The number of thiol groups is 1. The van der Waals surface area contributed by atoms with Gasteiger partial charge in [-0.3, -0.25) is 0 Å². The number of rotatable bonds is 18. The largest absolute Gasteiger partial charge is 0.813 e. The first kappa shape index (κ1) is 90.9. The molecule has 8 rings (SSSR count). The number of aliphatic hydroxyl groups excluding tert-OH is 2. The second kappa shape index (κ2) is 46.2. The highest BCUT2D eigenvalue weighted by molar-refractivity contribution is 7.37. The number of carboxylic acid groups (broad SMARTS) is 2. The van der Waals surface area contributed by atoms with E-state index in [1.807, 2.05) is 24.3 Å². The molecule has 0 aliphatic heterocycles. The van der Waals surface area contributed by atoms with Crippen LogP contribution in [0.3, 0.4) is 0 Å². The van der Waals surface area contributed by atoms with Crippen LogP contribution in [0.25, 0.3) is 0 Å². The maximum atomic E-state index is 13.6. The Morgan fingerprint density at radius 2 is 0.546 bits per heavy atom. The molecule has 0 amide bonds. The smallest absolute Gasteiger partial charge is 0.340 e. The normalized spacial score (nSPS) is 12.7. The molecule has 0 aliphatic rings. The molecule has 8 atom stereocenters. The summed E-state index contributed by atoms with van der Waals surface area (Å²) in [5, 5.41) is 36.2. The average molecular weight is 1520 g/mol. The van der Waals surface area contributed by atoms with E-state index < -0.39 is 96.0 Å². The maximum absolute atomic E-state index is 13.6. The van der Waals surface area contributed by atoms with E-state index in [0.717, 1.165) is 24.3 Å². The predicted octanol–water partition coefficient (Wildman–Crippen LogP) is 19.5. The predicted molar refractivity (Wildman–Crippen MR) is 377 cm³/mol. The number of aliphatic carboxylic acids is 2. The number of carbonyl (C=O) groups is 4. The SMILES string of the molecule is C.CO[C@H](C(=O)O)c1ccccc1.CO[C@H](C(=O)O)c1ccccc1.CO[C@H](C(=O)O[C@@H](C)c1c(Cl)ccc(F)c1Cl)c1ccccc1.CO[C@H](C(=O)O[C@H](C)c1c(Cl)ccc(F)c1Cl)c1ccccc1.C[C@@H](O)c1c(Cl)ccc(F)c1Cl.C[C@H](O)c1c(Cl)ccc(F)c1Cl.[B].[SH-]. The molecular formula is C69H69BCl8F4O14S-. The highest BCUT2D eigenvalue weighted by Gasteiger charge is 2.29. The third-order valence-electron chi connectivity index (χ3n) is 12.8. The molecule has 0 aliphatic carbocycles. The van der Waals surface area contributed by atoms with E-state index in [4.69, 9.17) is 131 Å². The van der Waals surface area contributed by atoms with Crippen molar-refractivity contribution in [2.24, 2.45) is 0 Å². The van der Waals surface area contributed by atoms with Crippen LogP contribution < -0.4 is 0 Å². The van der Waals surface area contributed by atoms with Gasteiger partial charge in [-0.1, -0.05) is 222 Å². The van der Waals surface area contributed by atoms with E-state index in [-0.39, 0.29) is 91.8 Å². The molecule has 4 N–H and O–H groups in total. The van der Waals surface area contributed by atoms with Crippen molar-refractivity contribution in [2.45, 2.75) is 84.0 Å². The van der Waals surface area contributed by atoms with E-state index in [2.05, 4.69) is 0 Å². The minimum absolute atomic E-state index is 0. The van der Waals surface area contributed by atoms with Crippen molar-refractivity contribution in [1.82, 2.24) is 0 Å². The molecule has 0 heterocycles. The van der Waals surface area contributed by atoms with Crippen molar-refractivity contribution in [1.29, 1.82) is 0 Å². The second-order valence-electron chi connectivity index (χ2n) is 19.3.